The molecule has 4 heteroatoms. The van der Waals surface area contributed by atoms with Crippen molar-refractivity contribution in [2.24, 2.45) is 0 Å². The van der Waals surface area contributed by atoms with Crippen LogP contribution in [-0.4, -0.2) is 21.0 Å². The van der Waals surface area contributed by atoms with Crippen LogP contribution in [0.15, 0.2) is 36.9 Å². The Morgan fingerprint density at radius 1 is 1.25 bits per heavy atom. The molecule has 80 valence electrons. The minimum Gasteiger partial charge on any atom is -0.478 e. The minimum absolute atomic E-state index is 0.290. The molecule has 0 atom stereocenters. The molecule has 1 heterocycles. The molecule has 0 bridgehead atoms. The van der Waals surface area contributed by atoms with Crippen molar-refractivity contribution in [2.75, 3.05) is 0 Å². The third kappa shape index (κ3) is 1.91. The molecule has 0 radical (unpaired) electrons. The molecule has 2 aromatic rings. The van der Waals surface area contributed by atoms with Crippen LogP contribution in [0.25, 0.3) is 11.1 Å². The average Bonchev–Trinajstić information content (AvgIpc) is 2.30. The van der Waals surface area contributed by atoms with Crippen LogP contribution in [0.5, 0.6) is 0 Å². The second kappa shape index (κ2) is 4.10. The maximum atomic E-state index is 10.8. The van der Waals surface area contributed by atoms with E-state index in [0.29, 0.717) is 0 Å². The van der Waals surface area contributed by atoms with E-state index in [1.807, 2.05) is 6.92 Å². The van der Waals surface area contributed by atoms with Gasteiger partial charge in [-0.05, 0) is 30.2 Å². The van der Waals surface area contributed by atoms with Gasteiger partial charge in [0, 0.05) is 18.0 Å². The Hall–Kier alpha value is -2.23. The Kier molecular flexibility index (Phi) is 2.64. The molecule has 1 aromatic heterocycles. The van der Waals surface area contributed by atoms with Crippen molar-refractivity contribution in [1.29, 1.82) is 0 Å². The van der Waals surface area contributed by atoms with Crippen LogP contribution < -0.4 is 0 Å². The molecule has 0 spiro atoms. The SMILES string of the molecule is Cc1cc(C(=O)O)ccc1-c1cncnc1. The van der Waals surface area contributed by atoms with Gasteiger partial charge in [0.05, 0.1) is 5.56 Å². The number of hydrogen-bond donors (Lipinski definition) is 1. The summed E-state index contributed by atoms with van der Waals surface area (Å²) in [6.45, 7) is 1.87. The molecule has 2 rings (SSSR count). The third-order valence-electron chi connectivity index (χ3n) is 2.34. The van der Waals surface area contributed by atoms with Gasteiger partial charge in [0.1, 0.15) is 6.33 Å². The molecule has 4 nitrogen and oxygen atoms in total. The topological polar surface area (TPSA) is 63.1 Å². The Balaban J connectivity index is 2.48. The predicted octanol–water partition coefficient (Wildman–Crippen LogP) is 2.15. The second-order valence-electron chi connectivity index (χ2n) is 3.46. The summed E-state index contributed by atoms with van der Waals surface area (Å²) in [5.41, 5.74) is 3.02. The first-order valence-corrected chi connectivity index (χ1v) is 4.78. The lowest BCUT2D eigenvalue weighted by Crippen LogP contribution is -1.97. The number of carbonyl (C=O) groups is 1. The van der Waals surface area contributed by atoms with Crippen LogP contribution in [0.3, 0.4) is 0 Å². The van der Waals surface area contributed by atoms with E-state index in [-0.39, 0.29) is 5.56 Å². The monoisotopic (exact) mass is 214 g/mol. The second-order valence-corrected chi connectivity index (χ2v) is 3.46. The van der Waals surface area contributed by atoms with Crippen LogP contribution in [0, 0.1) is 6.92 Å². The Morgan fingerprint density at radius 3 is 2.50 bits per heavy atom. The largest absolute Gasteiger partial charge is 0.478 e. The van der Waals surface area contributed by atoms with E-state index in [0.717, 1.165) is 16.7 Å². The molecule has 0 aliphatic heterocycles. The van der Waals surface area contributed by atoms with Crippen LogP contribution >= 0.6 is 0 Å². The van der Waals surface area contributed by atoms with E-state index < -0.39 is 5.97 Å². The van der Waals surface area contributed by atoms with Crippen molar-refractivity contribution in [3.63, 3.8) is 0 Å². The third-order valence-corrected chi connectivity index (χ3v) is 2.34. The normalized spacial score (nSPS) is 10.1. The number of aromatic nitrogens is 2. The van der Waals surface area contributed by atoms with Gasteiger partial charge in [0.25, 0.3) is 0 Å². The van der Waals surface area contributed by atoms with E-state index in [4.69, 9.17) is 5.11 Å². The summed E-state index contributed by atoms with van der Waals surface area (Å²) in [4.78, 5) is 18.6. The predicted molar refractivity (Wildman–Crippen MR) is 59.2 cm³/mol. The Morgan fingerprint density at radius 2 is 1.94 bits per heavy atom. The van der Waals surface area contributed by atoms with Crippen LogP contribution in [-0.2, 0) is 0 Å². The molecular weight excluding hydrogens is 204 g/mol. The fourth-order valence-electron chi connectivity index (χ4n) is 1.56. The summed E-state index contributed by atoms with van der Waals surface area (Å²) in [5.74, 6) is -0.918. The van der Waals surface area contributed by atoms with Gasteiger partial charge >= 0.3 is 5.97 Å². The number of aromatic carboxylic acids is 1. The molecule has 0 amide bonds. The van der Waals surface area contributed by atoms with E-state index in [9.17, 15) is 4.79 Å². The maximum Gasteiger partial charge on any atom is 0.335 e. The van der Waals surface area contributed by atoms with Crippen molar-refractivity contribution in [3.05, 3.63) is 48.0 Å². The van der Waals surface area contributed by atoms with Crippen LogP contribution in [0.1, 0.15) is 15.9 Å². The highest BCUT2D eigenvalue weighted by molar-refractivity contribution is 5.88. The van der Waals surface area contributed by atoms with E-state index in [2.05, 4.69) is 9.97 Å². The van der Waals surface area contributed by atoms with Crippen molar-refractivity contribution >= 4 is 5.97 Å². The zero-order valence-electron chi connectivity index (χ0n) is 8.71. The van der Waals surface area contributed by atoms with Gasteiger partial charge in [0.2, 0.25) is 0 Å². The first-order chi connectivity index (χ1) is 7.68. The quantitative estimate of drug-likeness (QED) is 0.831. The van der Waals surface area contributed by atoms with E-state index in [1.54, 1.807) is 30.6 Å². The number of carboxylic acids is 1. The lowest BCUT2D eigenvalue weighted by Gasteiger charge is -2.05. The van der Waals surface area contributed by atoms with Crippen LogP contribution in [0.2, 0.25) is 0 Å². The highest BCUT2D eigenvalue weighted by atomic mass is 16.4. The number of rotatable bonds is 2. The molecule has 0 aliphatic carbocycles. The van der Waals surface area contributed by atoms with Gasteiger partial charge in [-0.15, -0.1) is 0 Å². The van der Waals surface area contributed by atoms with Gasteiger partial charge < -0.3 is 5.11 Å². The highest BCUT2D eigenvalue weighted by Gasteiger charge is 2.07. The molecular formula is C12H10N2O2. The maximum absolute atomic E-state index is 10.8. The molecule has 16 heavy (non-hydrogen) atoms. The summed E-state index contributed by atoms with van der Waals surface area (Å²) in [6.07, 6.45) is 4.87. The number of nitrogens with zero attached hydrogens (tertiary/aromatic N) is 2. The van der Waals surface area contributed by atoms with Gasteiger partial charge in [-0.3, -0.25) is 0 Å². The van der Waals surface area contributed by atoms with Gasteiger partial charge in [0.15, 0.2) is 0 Å². The number of benzene rings is 1. The van der Waals surface area contributed by atoms with Crippen molar-refractivity contribution < 1.29 is 9.90 Å². The standard InChI is InChI=1S/C12H10N2O2/c1-8-4-9(12(15)16)2-3-11(8)10-5-13-7-14-6-10/h2-7H,1H3,(H,15,16). The summed E-state index contributed by atoms with van der Waals surface area (Å²) in [6, 6.07) is 5.00. The first-order valence-electron chi connectivity index (χ1n) is 4.78. The molecule has 1 N–H and O–H groups in total. The fourth-order valence-corrected chi connectivity index (χ4v) is 1.56. The molecule has 0 fully saturated rings. The minimum atomic E-state index is -0.918. The molecule has 1 aromatic carbocycles. The van der Waals surface area contributed by atoms with Gasteiger partial charge in [-0.25, -0.2) is 14.8 Å². The number of carboxylic acid groups (broad SMARTS) is 1. The van der Waals surface area contributed by atoms with Gasteiger partial charge in [-0.1, -0.05) is 6.07 Å². The molecule has 0 unspecified atom stereocenters. The smallest absolute Gasteiger partial charge is 0.335 e. The lowest BCUT2D eigenvalue weighted by atomic mass is 10.0. The van der Waals surface area contributed by atoms with E-state index >= 15 is 0 Å². The Bertz CT molecular complexity index is 524. The fraction of sp³-hybridized carbons (Fsp3) is 0.0833. The van der Waals surface area contributed by atoms with E-state index in [1.165, 1.54) is 6.33 Å². The number of hydrogen-bond acceptors (Lipinski definition) is 3. The summed E-state index contributed by atoms with van der Waals surface area (Å²) in [7, 11) is 0. The summed E-state index contributed by atoms with van der Waals surface area (Å²) < 4.78 is 0. The van der Waals surface area contributed by atoms with Crippen LogP contribution in [0.4, 0.5) is 0 Å². The number of aryl methyl sites for hydroxylation is 1. The average molecular weight is 214 g/mol. The summed E-state index contributed by atoms with van der Waals surface area (Å²) in [5, 5.41) is 8.85. The summed E-state index contributed by atoms with van der Waals surface area (Å²) >= 11 is 0. The molecule has 0 saturated heterocycles. The zero-order chi connectivity index (χ0) is 11.5. The van der Waals surface area contributed by atoms with Crippen molar-refractivity contribution in [3.8, 4) is 11.1 Å². The van der Waals surface area contributed by atoms with Crippen molar-refractivity contribution in [1.82, 2.24) is 9.97 Å². The van der Waals surface area contributed by atoms with Crippen molar-refractivity contribution in [2.45, 2.75) is 6.92 Å². The lowest BCUT2D eigenvalue weighted by molar-refractivity contribution is 0.0697. The Labute approximate surface area is 92.6 Å². The van der Waals surface area contributed by atoms with Gasteiger partial charge in [-0.2, -0.15) is 0 Å². The molecule has 0 saturated carbocycles. The first kappa shape index (κ1) is 10.3. The zero-order valence-corrected chi connectivity index (χ0v) is 8.71. The highest BCUT2D eigenvalue weighted by Crippen LogP contribution is 2.22. The molecule has 0 aliphatic rings.